The molecule has 0 aliphatic carbocycles. The minimum absolute atomic E-state index is 0.0478. The van der Waals surface area contributed by atoms with Gasteiger partial charge in [-0.05, 0) is 112 Å². The van der Waals surface area contributed by atoms with Gasteiger partial charge in [0.15, 0.2) is 5.78 Å². The molecule has 0 radical (unpaired) electrons. The van der Waals surface area contributed by atoms with Crippen molar-refractivity contribution >= 4 is 51.9 Å². The lowest BCUT2D eigenvalue weighted by Crippen LogP contribution is -2.50. The summed E-state index contributed by atoms with van der Waals surface area (Å²) < 4.78 is 0. The molecule has 10 nitrogen and oxygen atoms in total. The molecule has 0 aliphatic heterocycles. The van der Waals surface area contributed by atoms with E-state index in [1.165, 1.54) is 18.2 Å². The maximum absolute atomic E-state index is 14.2. The topological polar surface area (TPSA) is 157 Å². The quantitative estimate of drug-likeness (QED) is 0.0547. The van der Waals surface area contributed by atoms with Crippen LogP contribution in [0.15, 0.2) is 97.6 Å². The number of carboxylic acids is 1. The summed E-state index contributed by atoms with van der Waals surface area (Å²) in [4.78, 5) is 53.0. The maximum atomic E-state index is 14.2. The number of aliphatic hydroxyl groups is 1. The molecule has 0 saturated carbocycles. The van der Waals surface area contributed by atoms with E-state index in [1.54, 1.807) is 36.4 Å². The van der Waals surface area contributed by atoms with Gasteiger partial charge in [-0.2, -0.15) is 0 Å². The van der Waals surface area contributed by atoms with E-state index in [0.29, 0.717) is 28.2 Å². The number of hydrogen-bond donors (Lipinski definition) is 6. The van der Waals surface area contributed by atoms with Gasteiger partial charge in [0.1, 0.15) is 6.11 Å². The van der Waals surface area contributed by atoms with Gasteiger partial charge < -0.3 is 31.5 Å². The second-order valence-electron chi connectivity index (χ2n) is 17.0. The van der Waals surface area contributed by atoms with Crippen LogP contribution >= 0.6 is 0 Å². The Balaban J connectivity index is 1.50. The van der Waals surface area contributed by atoms with Gasteiger partial charge >= 0.3 is 5.97 Å². The highest BCUT2D eigenvalue weighted by molar-refractivity contribution is 6.08. The minimum Gasteiger partial charge on any atom is -0.478 e. The number of ketones is 1. The molecule has 57 heavy (non-hydrogen) atoms. The van der Waals surface area contributed by atoms with Gasteiger partial charge in [0.2, 0.25) is 0 Å². The molecule has 0 heterocycles. The van der Waals surface area contributed by atoms with E-state index in [1.807, 2.05) is 91.0 Å². The zero-order chi connectivity index (χ0) is 42.5. The van der Waals surface area contributed by atoms with Crippen LogP contribution < -0.4 is 21.3 Å². The van der Waals surface area contributed by atoms with Gasteiger partial charge in [0.25, 0.3) is 11.8 Å². The first kappa shape index (κ1) is 43.4. The van der Waals surface area contributed by atoms with Crippen molar-refractivity contribution in [3.8, 4) is 12.0 Å². The van der Waals surface area contributed by atoms with Gasteiger partial charge in [-0.1, -0.05) is 77.4 Å². The third-order valence-corrected chi connectivity index (χ3v) is 10.7. The molecule has 0 saturated heterocycles. The zero-order valence-electron chi connectivity index (χ0n) is 34.5. The summed E-state index contributed by atoms with van der Waals surface area (Å²) in [5.41, 5.74) is 2.14. The summed E-state index contributed by atoms with van der Waals surface area (Å²) >= 11 is 0. The van der Waals surface area contributed by atoms with E-state index in [2.05, 4.69) is 54.5 Å². The number of carbonyl (C=O) groups is 4. The van der Waals surface area contributed by atoms with E-state index in [0.717, 1.165) is 11.1 Å². The number of carbonyl (C=O) groups excluding carboxylic acids is 3. The van der Waals surface area contributed by atoms with E-state index >= 15 is 0 Å². The number of aromatic carboxylic acids is 1. The molecular formula is C47H54N4O6. The number of Topliss-reactive ketones (excluding diaryl/α,β-unsaturated/α-hetero) is 1. The van der Waals surface area contributed by atoms with Crippen molar-refractivity contribution in [2.24, 2.45) is 16.7 Å². The van der Waals surface area contributed by atoms with Gasteiger partial charge in [0.05, 0.1) is 11.0 Å². The monoisotopic (exact) mass is 770 g/mol. The lowest BCUT2D eigenvalue weighted by atomic mass is 9.69. The van der Waals surface area contributed by atoms with Crippen molar-refractivity contribution in [1.29, 1.82) is 0 Å². The number of benzene rings is 4. The van der Waals surface area contributed by atoms with Crippen LogP contribution in [0, 0.1) is 28.8 Å². The first-order valence-corrected chi connectivity index (χ1v) is 18.7. The number of carboxylic acid groups (broad SMARTS) is 1. The minimum atomic E-state index is -1.18. The van der Waals surface area contributed by atoms with E-state index in [-0.39, 0.29) is 39.8 Å². The number of aliphatic hydroxyl groups excluding tert-OH is 1. The highest BCUT2D eigenvalue weighted by atomic mass is 16.4. The van der Waals surface area contributed by atoms with Crippen molar-refractivity contribution < 1.29 is 29.4 Å². The SMILES string of the molecule is C=C(c1cccc(C(=O)Nc2cccc(NC(C)(C)C(C)(C)C(=O)c3cccc(C(=O)Nc4cc(NC(C)(C)C(C)C#CO)cc(C(=O)O)c4)c3)c2)c1)C(C)(C)C. The summed E-state index contributed by atoms with van der Waals surface area (Å²) in [6.45, 7) is 23.5. The second-order valence-corrected chi connectivity index (χ2v) is 17.0. The Morgan fingerprint density at radius 1 is 0.614 bits per heavy atom. The van der Waals surface area contributed by atoms with Crippen molar-refractivity contribution in [2.75, 3.05) is 21.3 Å². The summed E-state index contributed by atoms with van der Waals surface area (Å²) in [7, 11) is 0. The number of anilines is 4. The molecule has 0 fully saturated rings. The largest absolute Gasteiger partial charge is 0.478 e. The second kappa shape index (κ2) is 16.8. The van der Waals surface area contributed by atoms with Crippen molar-refractivity contribution in [3.05, 3.63) is 125 Å². The number of hydrogen-bond acceptors (Lipinski definition) is 7. The van der Waals surface area contributed by atoms with Crippen LogP contribution in [0.2, 0.25) is 0 Å². The number of rotatable bonds is 14. The first-order valence-electron chi connectivity index (χ1n) is 18.7. The Hall–Kier alpha value is -6.34. The summed E-state index contributed by atoms with van der Waals surface area (Å²) in [6, 6.07) is 25.5. The molecule has 4 rings (SSSR count). The van der Waals surface area contributed by atoms with Crippen LogP contribution in [-0.4, -0.2) is 44.9 Å². The number of amides is 2. The average molecular weight is 771 g/mol. The molecule has 2 amide bonds. The lowest BCUT2D eigenvalue weighted by Gasteiger charge is -2.42. The van der Waals surface area contributed by atoms with Gasteiger partial charge in [-0.15, -0.1) is 0 Å². The molecule has 0 spiro atoms. The Morgan fingerprint density at radius 2 is 1.11 bits per heavy atom. The molecule has 4 aromatic rings. The standard InChI is InChI=1S/C47H54N4O6/c1-29(21-22-52)46(8,9)50-39-26-35(43(56)57)25-38(28-39)49-42(55)34-18-13-16-32(24-34)40(53)45(6,7)47(10,11)51-37-20-14-19-36(27-37)48-41(54)33-17-12-15-31(23-33)30(2)44(3,4)5/h12-20,23-29,50-52H,2H2,1,3-11H3,(H,48,54)(H,49,55)(H,56,57). The molecule has 0 aromatic heterocycles. The normalized spacial score (nSPS) is 12.3. The molecule has 10 heteroatoms. The van der Waals surface area contributed by atoms with Crippen molar-refractivity contribution in [2.45, 2.75) is 80.3 Å². The fraction of sp³-hybridized carbons (Fsp3) is 0.319. The van der Waals surface area contributed by atoms with E-state index in [4.69, 9.17) is 5.11 Å². The molecule has 4 aromatic carbocycles. The number of allylic oxidation sites excluding steroid dienone is 1. The molecule has 0 aliphatic rings. The average Bonchev–Trinajstić information content (AvgIpc) is 3.13. The Labute approximate surface area is 336 Å². The smallest absolute Gasteiger partial charge is 0.335 e. The van der Waals surface area contributed by atoms with Crippen LogP contribution in [-0.2, 0) is 0 Å². The van der Waals surface area contributed by atoms with Crippen LogP contribution in [0.4, 0.5) is 22.7 Å². The van der Waals surface area contributed by atoms with Crippen LogP contribution in [0.3, 0.4) is 0 Å². The Morgan fingerprint density at radius 3 is 1.68 bits per heavy atom. The van der Waals surface area contributed by atoms with Crippen LogP contribution in [0.1, 0.15) is 116 Å². The highest BCUT2D eigenvalue weighted by Crippen LogP contribution is 2.38. The Kier molecular flexibility index (Phi) is 12.8. The predicted octanol–water partition coefficient (Wildman–Crippen LogP) is 10.2. The lowest BCUT2D eigenvalue weighted by molar-refractivity contribution is 0.0695. The van der Waals surface area contributed by atoms with Crippen LogP contribution in [0.25, 0.3) is 5.57 Å². The molecule has 0 bridgehead atoms. The molecule has 6 N–H and O–H groups in total. The predicted molar refractivity (Wildman–Crippen MR) is 230 cm³/mol. The Bertz CT molecular complexity index is 2270. The van der Waals surface area contributed by atoms with E-state index in [9.17, 15) is 24.3 Å². The third kappa shape index (κ3) is 10.5. The van der Waals surface area contributed by atoms with Gasteiger partial charge in [-0.3, -0.25) is 14.4 Å². The third-order valence-electron chi connectivity index (χ3n) is 10.7. The molecule has 1 unspecified atom stereocenters. The fourth-order valence-corrected chi connectivity index (χ4v) is 5.98. The first-order chi connectivity index (χ1) is 26.4. The van der Waals surface area contributed by atoms with Gasteiger partial charge in [0, 0.05) is 56.4 Å². The zero-order valence-corrected chi connectivity index (χ0v) is 34.5. The van der Waals surface area contributed by atoms with Crippen LogP contribution in [0.5, 0.6) is 0 Å². The summed E-state index contributed by atoms with van der Waals surface area (Å²) in [6.07, 6.45) is 1.92. The van der Waals surface area contributed by atoms with E-state index < -0.39 is 28.4 Å². The molecular weight excluding hydrogens is 717 g/mol. The summed E-state index contributed by atoms with van der Waals surface area (Å²) in [5, 5.41) is 31.4. The molecule has 1 atom stereocenters. The fourth-order valence-electron chi connectivity index (χ4n) is 5.98. The van der Waals surface area contributed by atoms with Crippen molar-refractivity contribution in [3.63, 3.8) is 0 Å². The number of nitrogens with one attached hydrogen (secondary N) is 4. The highest BCUT2D eigenvalue weighted by Gasteiger charge is 2.43. The summed E-state index contributed by atoms with van der Waals surface area (Å²) in [5.74, 6) is 0.208. The van der Waals surface area contributed by atoms with Crippen molar-refractivity contribution in [1.82, 2.24) is 0 Å². The van der Waals surface area contributed by atoms with Gasteiger partial charge in [-0.25, -0.2) is 4.79 Å². The maximum Gasteiger partial charge on any atom is 0.335 e. The molecule has 298 valence electrons.